The third-order valence-corrected chi connectivity index (χ3v) is 5.66. The van der Waals surface area contributed by atoms with Gasteiger partial charge >= 0.3 is 0 Å². The lowest BCUT2D eigenvalue weighted by Gasteiger charge is -2.41. The highest BCUT2D eigenvalue weighted by atomic mass is 16.3. The fraction of sp³-hybridized carbons (Fsp3) is 0.476. The average molecular weight is 412 g/mol. The molecule has 2 aromatic heterocycles. The second-order valence-electron chi connectivity index (χ2n) is 8.06. The topological polar surface area (TPSA) is 134 Å². The van der Waals surface area contributed by atoms with E-state index in [1.165, 1.54) is 0 Å². The van der Waals surface area contributed by atoms with E-state index in [1.807, 2.05) is 24.0 Å². The smallest absolute Gasteiger partial charge is 0.225 e. The van der Waals surface area contributed by atoms with Crippen LogP contribution in [0.15, 0.2) is 24.4 Å². The van der Waals surface area contributed by atoms with Gasteiger partial charge in [-0.1, -0.05) is 0 Å². The molecule has 9 heteroatoms. The van der Waals surface area contributed by atoms with E-state index >= 15 is 0 Å². The quantitative estimate of drug-likeness (QED) is 0.564. The van der Waals surface area contributed by atoms with Crippen LogP contribution in [0, 0.1) is 0 Å². The van der Waals surface area contributed by atoms with Gasteiger partial charge in [0, 0.05) is 38.0 Å². The molecule has 1 aliphatic carbocycles. The van der Waals surface area contributed by atoms with E-state index in [0.717, 1.165) is 35.7 Å². The number of hydrogen-bond donors (Lipinski definition) is 4. The van der Waals surface area contributed by atoms with Gasteiger partial charge in [0.25, 0.3) is 0 Å². The highest BCUT2D eigenvalue weighted by molar-refractivity contribution is 5.78. The maximum atomic E-state index is 12.2. The lowest BCUT2D eigenvalue weighted by Crippen LogP contribution is -2.54. The van der Waals surface area contributed by atoms with E-state index in [4.69, 9.17) is 21.6 Å². The van der Waals surface area contributed by atoms with Crippen molar-refractivity contribution in [3.8, 4) is 0 Å². The maximum Gasteiger partial charge on any atom is 0.225 e. The van der Waals surface area contributed by atoms with Crippen LogP contribution in [0.25, 0.3) is 0 Å². The molecule has 30 heavy (non-hydrogen) atoms. The molecule has 1 amide bonds. The summed E-state index contributed by atoms with van der Waals surface area (Å²) in [4.78, 5) is 25.3. The summed E-state index contributed by atoms with van der Waals surface area (Å²) in [6.45, 7) is 3.81. The molecule has 2 aromatic rings. The molecule has 1 aliphatic heterocycles. The number of piperazine rings is 1. The minimum Gasteiger partial charge on any atom is -0.396 e. The molecule has 6 N–H and O–H groups in total. The van der Waals surface area contributed by atoms with Crippen LogP contribution < -0.4 is 21.7 Å². The Labute approximate surface area is 176 Å². The van der Waals surface area contributed by atoms with E-state index in [2.05, 4.69) is 15.2 Å². The number of anilines is 5. The number of rotatable bonds is 6. The fourth-order valence-corrected chi connectivity index (χ4v) is 3.95. The predicted molar refractivity (Wildman–Crippen MR) is 118 cm³/mol. The molecule has 4 rings (SSSR count). The van der Waals surface area contributed by atoms with Gasteiger partial charge in [-0.15, -0.1) is 0 Å². The number of amides is 1. The van der Waals surface area contributed by atoms with Crippen LogP contribution in [0.1, 0.15) is 37.8 Å². The van der Waals surface area contributed by atoms with Crippen LogP contribution in [0.5, 0.6) is 0 Å². The first kappa shape index (κ1) is 20.2. The van der Waals surface area contributed by atoms with Crippen molar-refractivity contribution in [1.82, 2.24) is 14.9 Å². The first-order valence-electron chi connectivity index (χ1n) is 10.4. The second kappa shape index (κ2) is 8.35. The zero-order valence-corrected chi connectivity index (χ0v) is 17.2. The molecule has 9 nitrogen and oxygen atoms in total. The third-order valence-electron chi connectivity index (χ3n) is 5.66. The van der Waals surface area contributed by atoms with Crippen LogP contribution in [0.3, 0.4) is 0 Å². The summed E-state index contributed by atoms with van der Waals surface area (Å²) < 4.78 is 0. The van der Waals surface area contributed by atoms with Crippen LogP contribution in [-0.4, -0.2) is 58.2 Å². The summed E-state index contributed by atoms with van der Waals surface area (Å²) in [6.07, 6.45) is 4.09. The van der Waals surface area contributed by atoms with Crippen LogP contribution in [-0.2, 0) is 4.79 Å². The number of nitrogens with two attached hydrogens (primary N) is 2. The van der Waals surface area contributed by atoms with Gasteiger partial charge in [-0.05, 0) is 38.0 Å². The lowest BCUT2D eigenvalue weighted by atomic mass is 10.1. The number of carbonyl (C=O) groups is 1. The molecular formula is C21H29N7O2. The molecule has 2 fully saturated rings. The molecule has 0 bridgehead atoms. The standard InChI is InChI=1S/C21H29N7O2/c1-13-12-27(7-8-28(13)19(30)6-9-29)21-16(22)10-17(20(26-21)14-2-3-14)25-15-4-5-18(23)24-11-15/h4-5,10-11,13-14,25,29H,2-3,6-9,12,22H2,1H3,(H2,23,24)/t13-/m1/s1. The Balaban J connectivity index is 1.55. The monoisotopic (exact) mass is 411 g/mol. The number of hydrogen-bond acceptors (Lipinski definition) is 8. The first-order chi connectivity index (χ1) is 14.5. The summed E-state index contributed by atoms with van der Waals surface area (Å²) in [5.41, 5.74) is 15.4. The molecule has 1 saturated carbocycles. The number of carbonyl (C=O) groups excluding carboxylic acids is 1. The number of nitrogens with one attached hydrogen (secondary N) is 1. The van der Waals surface area contributed by atoms with Crippen LogP contribution >= 0.6 is 0 Å². The molecule has 160 valence electrons. The van der Waals surface area contributed by atoms with Gasteiger partial charge in [0.1, 0.15) is 5.82 Å². The summed E-state index contributed by atoms with van der Waals surface area (Å²) in [7, 11) is 0. The van der Waals surface area contributed by atoms with Crippen molar-refractivity contribution in [2.75, 3.05) is 47.9 Å². The van der Waals surface area contributed by atoms with Crippen molar-refractivity contribution in [3.05, 3.63) is 30.1 Å². The number of aliphatic hydroxyl groups excluding tert-OH is 1. The summed E-state index contributed by atoms with van der Waals surface area (Å²) in [5, 5.41) is 12.4. The molecule has 3 heterocycles. The summed E-state index contributed by atoms with van der Waals surface area (Å²) in [6, 6.07) is 5.61. The Morgan fingerprint density at radius 1 is 1.30 bits per heavy atom. The number of pyridine rings is 2. The summed E-state index contributed by atoms with van der Waals surface area (Å²) >= 11 is 0. The zero-order valence-electron chi connectivity index (χ0n) is 17.2. The van der Waals surface area contributed by atoms with Gasteiger partial charge in [0.15, 0.2) is 5.82 Å². The van der Waals surface area contributed by atoms with E-state index in [9.17, 15) is 4.79 Å². The average Bonchev–Trinajstić information content (AvgIpc) is 3.55. The van der Waals surface area contributed by atoms with Crippen molar-refractivity contribution >= 4 is 34.6 Å². The number of nitrogens with zero attached hydrogens (tertiary/aromatic N) is 4. The predicted octanol–water partition coefficient (Wildman–Crippen LogP) is 1.68. The molecule has 2 aliphatic rings. The van der Waals surface area contributed by atoms with Crippen LogP contribution in [0.2, 0.25) is 0 Å². The zero-order chi connectivity index (χ0) is 21.3. The largest absolute Gasteiger partial charge is 0.396 e. The highest BCUT2D eigenvalue weighted by Gasteiger charge is 2.32. The normalized spacial score (nSPS) is 19.1. The third kappa shape index (κ3) is 4.25. The van der Waals surface area contributed by atoms with Gasteiger partial charge in [-0.3, -0.25) is 4.79 Å². The van der Waals surface area contributed by atoms with Crippen molar-refractivity contribution in [2.45, 2.75) is 38.1 Å². The van der Waals surface area contributed by atoms with Crippen molar-refractivity contribution in [3.63, 3.8) is 0 Å². The number of nitrogen functional groups attached to an aromatic ring is 2. The van der Waals surface area contributed by atoms with E-state index in [-0.39, 0.29) is 25.0 Å². The molecule has 0 unspecified atom stereocenters. The number of aliphatic hydroxyl groups is 1. The Bertz CT molecular complexity index is 914. The van der Waals surface area contributed by atoms with Gasteiger partial charge in [0.05, 0.1) is 35.6 Å². The van der Waals surface area contributed by atoms with Crippen molar-refractivity contribution < 1.29 is 9.90 Å². The Morgan fingerprint density at radius 3 is 2.73 bits per heavy atom. The summed E-state index contributed by atoms with van der Waals surface area (Å²) in [5.74, 6) is 1.67. The Kier molecular flexibility index (Phi) is 5.63. The molecule has 0 spiro atoms. The Hall–Kier alpha value is -3.07. The lowest BCUT2D eigenvalue weighted by molar-refractivity contribution is -0.134. The Morgan fingerprint density at radius 2 is 2.10 bits per heavy atom. The van der Waals surface area contributed by atoms with Crippen molar-refractivity contribution in [2.24, 2.45) is 0 Å². The molecule has 0 aromatic carbocycles. The SMILES string of the molecule is C[C@@H]1CN(c2nc(C3CC3)c(Nc3ccc(N)nc3)cc2N)CCN1C(=O)CCO. The van der Waals surface area contributed by atoms with Crippen LogP contribution in [0.4, 0.5) is 28.7 Å². The van der Waals surface area contributed by atoms with Gasteiger partial charge in [-0.2, -0.15) is 0 Å². The van der Waals surface area contributed by atoms with Gasteiger partial charge < -0.3 is 31.7 Å². The molecule has 1 saturated heterocycles. The van der Waals surface area contributed by atoms with Gasteiger partial charge in [-0.25, -0.2) is 9.97 Å². The fourth-order valence-electron chi connectivity index (χ4n) is 3.95. The maximum absolute atomic E-state index is 12.2. The van der Waals surface area contributed by atoms with Gasteiger partial charge in [0.2, 0.25) is 5.91 Å². The molecular weight excluding hydrogens is 382 g/mol. The first-order valence-corrected chi connectivity index (χ1v) is 10.4. The molecule has 0 radical (unpaired) electrons. The minimum atomic E-state index is -0.122. The number of aromatic nitrogens is 2. The van der Waals surface area contributed by atoms with Crippen molar-refractivity contribution in [1.29, 1.82) is 0 Å². The van der Waals surface area contributed by atoms with E-state index in [0.29, 0.717) is 37.1 Å². The van der Waals surface area contributed by atoms with E-state index < -0.39 is 0 Å². The minimum absolute atomic E-state index is 0.0131. The molecule has 1 atom stereocenters. The second-order valence-corrected chi connectivity index (χ2v) is 8.06. The van der Waals surface area contributed by atoms with E-state index in [1.54, 1.807) is 12.3 Å². The highest BCUT2D eigenvalue weighted by Crippen LogP contribution is 2.45.